The van der Waals surface area contributed by atoms with E-state index in [0.29, 0.717) is 24.4 Å². The van der Waals surface area contributed by atoms with E-state index in [2.05, 4.69) is 5.32 Å². The lowest BCUT2D eigenvalue weighted by molar-refractivity contribution is -0.139. The molecule has 1 N–H and O–H groups in total. The van der Waals surface area contributed by atoms with E-state index in [4.69, 9.17) is 4.74 Å². The molecule has 1 heterocycles. The number of amides is 4. The topological polar surface area (TPSA) is 79.0 Å². The number of urea groups is 1. The first-order valence-electron chi connectivity index (χ1n) is 9.91. The zero-order valence-electron chi connectivity index (χ0n) is 17.8. The van der Waals surface area contributed by atoms with Crippen molar-refractivity contribution in [3.05, 3.63) is 65.2 Å². The van der Waals surface area contributed by atoms with Crippen LogP contribution >= 0.6 is 0 Å². The van der Waals surface area contributed by atoms with Gasteiger partial charge in [0.15, 0.2) is 0 Å². The molecule has 0 aromatic heterocycles. The summed E-state index contributed by atoms with van der Waals surface area (Å²) in [7, 11) is 1.58. The first kappa shape index (κ1) is 21.4. The molecule has 1 unspecified atom stereocenters. The summed E-state index contributed by atoms with van der Waals surface area (Å²) in [5.41, 5.74) is 1.26. The predicted octanol–water partition coefficient (Wildman–Crippen LogP) is 2.82. The number of likely N-dealkylation sites (N-methyl/N-ethyl adjacent to an activating group) is 1. The minimum absolute atomic E-state index is 0.278. The highest BCUT2D eigenvalue weighted by Crippen LogP contribution is 2.31. The Bertz CT molecular complexity index is 960. The number of ether oxygens (including phenoxy) is 1. The lowest BCUT2D eigenvalue weighted by Gasteiger charge is -2.25. The van der Waals surface area contributed by atoms with Crippen LogP contribution in [-0.4, -0.2) is 47.8 Å². The molecule has 2 aromatic carbocycles. The molecule has 1 fully saturated rings. The molecule has 0 bridgehead atoms. The zero-order valence-corrected chi connectivity index (χ0v) is 17.8. The van der Waals surface area contributed by atoms with E-state index in [1.807, 2.05) is 50.2 Å². The third kappa shape index (κ3) is 4.01. The average Bonchev–Trinajstić information content (AvgIpc) is 2.96. The summed E-state index contributed by atoms with van der Waals surface area (Å²) in [6, 6.07) is 14.4. The monoisotopic (exact) mass is 409 g/mol. The van der Waals surface area contributed by atoms with Crippen LogP contribution in [0.15, 0.2) is 48.5 Å². The van der Waals surface area contributed by atoms with Crippen LogP contribution < -0.4 is 10.1 Å². The molecule has 2 aromatic rings. The first-order valence-corrected chi connectivity index (χ1v) is 9.91. The van der Waals surface area contributed by atoms with E-state index in [1.54, 1.807) is 31.1 Å². The normalized spacial score (nSPS) is 18.3. The fraction of sp³-hybridized carbons (Fsp3) is 0.348. The lowest BCUT2D eigenvalue weighted by atomic mass is 9.90. The Morgan fingerprint density at radius 2 is 1.87 bits per heavy atom. The van der Waals surface area contributed by atoms with Crippen molar-refractivity contribution in [3.63, 3.8) is 0 Å². The summed E-state index contributed by atoms with van der Waals surface area (Å²) >= 11 is 0. The van der Waals surface area contributed by atoms with Crippen molar-refractivity contribution in [1.82, 2.24) is 15.1 Å². The van der Waals surface area contributed by atoms with E-state index in [1.165, 1.54) is 0 Å². The van der Waals surface area contributed by atoms with Crippen molar-refractivity contribution in [3.8, 4) is 5.75 Å². The SMILES string of the molecule is CCN(Cc1ccccc1)C(=O)CN1C(=O)NC(C)(c2ccc(OC)c(C)c2)C1=O. The number of nitrogens with zero attached hydrogens (tertiary/aromatic N) is 2. The summed E-state index contributed by atoms with van der Waals surface area (Å²) in [6.07, 6.45) is 0. The Labute approximate surface area is 176 Å². The van der Waals surface area contributed by atoms with Gasteiger partial charge in [-0.25, -0.2) is 4.79 Å². The molecular formula is C23H27N3O4. The average molecular weight is 409 g/mol. The van der Waals surface area contributed by atoms with Gasteiger partial charge in [-0.2, -0.15) is 0 Å². The second-order valence-electron chi connectivity index (χ2n) is 7.52. The molecule has 4 amide bonds. The molecule has 0 radical (unpaired) electrons. The summed E-state index contributed by atoms with van der Waals surface area (Å²) in [5, 5.41) is 2.75. The maximum atomic E-state index is 13.1. The number of rotatable bonds is 7. The molecule has 1 aliphatic rings. The van der Waals surface area contributed by atoms with E-state index < -0.39 is 17.5 Å². The predicted molar refractivity (Wildman–Crippen MR) is 113 cm³/mol. The van der Waals surface area contributed by atoms with Gasteiger partial charge < -0.3 is 15.0 Å². The standard InChI is InChI=1S/C23H27N3O4/c1-5-25(14-17-9-7-6-8-10-17)20(27)15-26-21(28)23(3,24-22(26)29)18-11-12-19(30-4)16(2)13-18/h6-13H,5,14-15H2,1-4H3,(H,24,29). The van der Waals surface area contributed by atoms with Gasteiger partial charge >= 0.3 is 6.03 Å². The van der Waals surface area contributed by atoms with Crippen LogP contribution in [0.2, 0.25) is 0 Å². The van der Waals surface area contributed by atoms with Crippen molar-refractivity contribution >= 4 is 17.8 Å². The maximum absolute atomic E-state index is 13.1. The van der Waals surface area contributed by atoms with Gasteiger partial charge in [0.2, 0.25) is 5.91 Å². The molecule has 1 saturated heterocycles. The number of imide groups is 1. The van der Waals surface area contributed by atoms with Crippen molar-refractivity contribution in [2.24, 2.45) is 0 Å². The van der Waals surface area contributed by atoms with Gasteiger partial charge in [-0.3, -0.25) is 14.5 Å². The molecule has 158 valence electrons. The second kappa shape index (κ2) is 8.57. The molecule has 0 spiro atoms. The Kier molecular flexibility index (Phi) is 6.10. The summed E-state index contributed by atoms with van der Waals surface area (Å²) < 4.78 is 5.27. The highest BCUT2D eigenvalue weighted by atomic mass is 16.5. The highest BCUT2D eigenvalue weighted by molar-refractivity contribution is 6.09. The molecule has 0 saturated carbocycles. The highest BCUT2D eigenvalue weighted by Gasteiger charge is 2.49. The molecule has 1 atom stereocenters. The van der Waals surface area contributed by atoms with Crippen molar-refractivity contribution < 1.29 is 19.1 Å². The summed E-state index contributed by atoms with van der Waals surface area (Å²) in [6.45, 7) is 6.01. The quantitative estimate of drug-likeness (QED) is 0.714. The zero-order chi connectivity index (χ0) is 21.9. The Balaban J connectivity index is 1.77. The van der Waals surface area contributed by atoms with Gasteiger partial charge in [-0.05, 0) is 49.6 Å². The van der Waals surface area contributed by atoms with Crippen molar-refractivity contribution in [2.75, 3.05) is 20.2 Å². The minimum atomic E-state index is -1.23. The molecular weight excluding hydrogens is 382 g/mol. The number of hydrogen-bond acceptors (Lipinski definition) is 4. The summed E-state index contributed by atoms with van der Waals surface area (Å²) in [4.78, 5) is 41.2. The maximum Gasteiger partial charge on any atom is 0.325 e. The number of aryl methyl sites for hydroxylation is 1. The molecule has 7 heteroatoms. The van der Waals surface area contributed by atoms with Gasteiger partial charge in [0.05, 0.1) is 7.11 Å². The number of benzene rings is 2. The smallest absolute Gasteiger partial charge is 0.325 e. The van der Waals surface area contributed by atoms with Crippen LogP contribution in [0.4, 0.5) is 4.79 Å². The Morgan fingerprint density at radius 1 is 1.17 bits per heavy atom. The largest absolute Gasteiger partial charge is 0.496 e. The molecule has 1 aliphatic heterocycles. The van der Waals surface area contributed by atoms with Gasteiger partial charge in [0.1, 0.15) is 17.8 Å². The first-order chi connectivity index (χ1) is 14.3. The van der Waals surface area contributed by atoms with E-state index in [0.717, 1.165) is 16.0 Å². The number of methoxy groups -OCH3 is 1. The fourth-order valence-corrected chi connectivity index (χ4v) is 3.64. The Hall–Kier alpha value is -3.35. The van der Waals surface area contributed by atoms with E-state index in [9.17, 15) is 14.4 Å². The van der Waals surface area contributed by atoms with Gasteiger partial charge in [0.25, 0.3) is 5.91 Å². The van der Waals surface area contributed by atoms with E-state index >= 15 is 0 Å². The number of hydrogen-bond donors (Lipinski definition) is 1. The number of carbonyl (C=O) groups is 3. The van der Waals surface area contributed by atoms with Gasteiger partial charge in [-0.15, -0.1) is 0 Å². The third-order valence-electron chi connectivity index (χ3n) is 5.49. The summed E-state index contributed by atoms with van der Waals surface area (Å²) in [5.74, 6) is -0.0214. The Morgan fingerprint density at radius 3 is 2.47 bits per heavy atom. The lowest BCUT2D eigenvalue weighted by Crippen LogP contribution is -2.44. The van der Waals surface area contributed by atoms with Crippen LogP contribution in [0.1, 0.15) is 30.5 Å². The third-order valence-corrected chi connectivity index (χ3v) is 5.49. The van der Waals surface area contributed by atoms with Crippen LogP contribution in [0, 0.1) is 6.92 Å². The van der Waals surface area contributed by atoms with Gasteiger partial charge in [-0.1, -0.05) is 36.4 Å². The number of carbonyl (C=O) groups excluding carboxylic acids is 3. The number of nitrogens with one attached hydrogen (secondary N) is 1. The van der Waals surface area contributed by atoms with E-state index in [-0.39, 0.29) is 12.5 Å². The van der Waals surface area contributed by atoms with Crippen molar-refractivity contribution in [1.29, 1.82) is 0 Å². The van der Waals surface area contributed by atoms with Crippen LogP contribution in [-0.2, 0) is 21.7 Å². The van der Waals surface area contributed by atoms with Crippen molar-refractivity contribution in [2.45, 2.75) is 32.9 Å². The second-order valence-corrected chi connectivity index (χ2v) is 7.52. The molecule has 3 rings (SSSR count). The van der Waals surface area contributed by atoms with Crippen LogP contribution in [0.3, 0.4) is 0 Å². The van der Waals surface area contributed by atoms with Crippen LogP contribution in [0.5, 0.6) is 5.75 Å². The van der Waals surface area contributed by atoms with Crippen LogP contribution in [0.25, 0.3) is 0 Å². The minimum Gasteiger partial charge on any atom is -0.496 e. The molecule has 0 aliphatic carbocycles. The molecule has 30 heavy (non-hydrogen) atoms. The van der Waals surface area contributed by atoms with Gasteiger partial charge in [0, 0.05) is 13.1 Å². The fourth-order valence-electron chi connectivity index (χ4n) is 3.64. The molecule has 7 nitrogen and oxygen atoms in total.